The minimum Gasteiger partial charge on any atom is -0.496 e. The van der Waals surface area contributed by atoms with Crippen molar-refractivity contribution in [3.05, 3.63) is 28.8 Å². The molecule has 3 heterocycles. The van der Waals surface area contributed by atoms with Gasteiger partial charge in [0, 0.05) is 25.9 Å². The number of carbonyl (C=O) groups excluding carboxylic acids is 1. The molecule has 1 aromatic carbocycles. The maximum atomic E-state index is 12.9. The predicted molar refractivity (Wildman–Crippen MR) is 109 cm³/mol. The Hall–Kier alpha value is -1.59. The number of hydrogen-bond donors (Lipinski definition) is 0. The number of amides is 1. The Balaban J connectivity index is 1.60. The summed E-state index contributed by atoms with van der Waals surface area (Å²) in [6.45, 7) is 13.4. The van der Waals surface area contributed by atoms with Gasteiger partial charge in [-0.05, 0) is 41.5 Å². The Labute approximate surface area is 169 Å². The van der Waals surface area contributed by atoms with Crippen LogP contribution in [0.15, 0.2) is 12.1 Å². The smallest absolute Gasteiger partial charge is 0.226 e. The van der Waals surface area contributed by atoms with E-state index in [2.05, 4.69) is 56.6 Å². The SMILES string of the molecule is COc1cc(C)c(CN2CC[C@@]34OC[C@@H](C(C)C)N3C(=O)C[C@@H]24)cc1C(C)C. The average molecular weight is 387 g/mol. The summed E-state index contributed by atoms with van der Waals surface area (Å²) in [7, 11) is 1.74. The second kappa shape index (κ2) is 7.03. The number of benzene rings is 1. The van der Waals surface area contributed by atoms with Crippen LogP contribution >= 0.6 is 0 Å². The van der Waals surface area contributed by atoms with Gasteiger partial charge in [-0.3, -0.25) is 9.69 Å². The molecule has 3 fully saturated rings. The van der Waals surface area contributed by atoms with E-state index in [0.717, 1.165) is 25.3 Å². The van der Waals surface area contributed by atoms with Crippen molar-refractivity contribution in [2.75, 3.05) is 20.3 Å². The van der Waals surface area contributed by atoms with Crippen molar-refractivity contribution in [2.45, 2.75) is 77.7 Å². The number of hydrogen-bond acceptors (Lipinski definition) is 4. The lowest BCUT2D eigenvalue weighted by Gasteiger charge is -2.34. The van der Waals surface area contributed by atoms with E-state index in [9.17, 15) is 4.79 Å². The predicted octanol–water partition coefficient (Wildman–Crippen LogP) is 3.68. The maximum Gasteiger partial charge on any atom is 0.226 e. The molecule has 3 aliphatic rings. The molecular formula is C23H34N2O3. The summed E-state index contributed by atoms with van der Waals surface area (Å²) in [4.78, 5) is 17.4. The first-order valence-corrected chi connectivity index (χ1v) is 10.7. The zero-order chi connectivity index (χ0) is 20.2. The van der Waals surface area contributed by atoms with Crippen LogP contribution in [0.4, 0.5) is 0 Å². The van der Waals surface area contributed by atoms with Crippen LogP contribution < -0.4 is 4.74 Å². The first-order chi connectivity index (χ1) is 13.3. The number of carbonyl (C=O) groups is 1. The van der Waals surface area contributed by atoms with E-state index >= 15 is 0 Å². The lowest BCUT2D eigenvalue weighted by molar-refractivity contribution is -0.139. The van der Waals surface area contributed by atoms with Crippen molar-refractivity contribution >= 4 is 5.91 Å². The molecule has 0 radical (unpaired) electrons. The fourth-order valence-corrected chi connectivity index (χ4v) is 5.41. The normalized spacial score (nSPS) is 29.9. The molecule has 3 aliphatic heterocycles. The zero-order valence-corrected chi connectivity index (χ0v) is 18.1. The summed E-state index contributed by atoms with van der Waals surface area (Å²) in [6, 6.07) is 4.83. The van der Waals surface area contributed by atoms with E-state index in [0.29, 0.717) is 24.9 Å². The standard InChI is InChI=1S/C23H34N2O3/c1-14(2)18-10-17(16(5)9-20(18)27-6)12-24-8-7-23-21(24)11-22(26)25(23)19(13-28-23)15(3)4/h9-10,14-15,19,21H,7-8,11-13H2,1-6H3/t19-,21+,23-/m0/s1. The van der Waals surface area contributed by atoms with Crippen LogP contribution in [-0.2, 0) is 16.1 Å². The van der Waals surface area contributed by atoms with Crippen LogP contribution in [0.1, 0.15) is 63.1 Å². The minimum atomic E-state index is -0.396. The Morgan fingerprint density at radius 3 is 2.68 bits per heavy atom. The largest absolute Gasteiger partial charge is 0.496 e. The molecule has 28 heavy (non-hydrogen) atoms. The number of methoxy groups -OCH3 is 1. The van der Waals surface area contributed by atoms with Crippen LogP contribution in [-0.4, -0.2) is 53.8 Å². The van der Waals surface area contributed by atoms with Crippen molar-refractivity contribution in [1.82, 2.24) is 9.80 Å². The van der Waals surface area contributed by atoms with Crippen molar-refractivity contribution < 1.29 is 14.3 Å². The van der Waals surface area contributed by atoms with Crippen LogP contribution in [0.2, 0.25) is 0 Å². The molecule has 1 amide bonds. The average Bonchev–Trinajstić information content (AvgIpc) is 3.26. The lowest BCUT2D eigenvalue weighted by atomic mass is 9.96. The summed E-state index contributed by atoms with van der Waals surface area (Å²) in [5.41, 5.74) is 3.42. The van der Waals surface area contributed by atoms with Crippen molar-refractivity contribution in [1.29, 1.82) is 0 Å². The molecule has 0 aliphatic carbocycles. The summed E-state index contributed by atoms with van der Waals surface area (Å²) in [5.74, 6) is 2.07. The first-order valence-electron chi connectivity index (χ1n) is 10.7. The quantitative estimate of drug-likeness (QED) is 0.774. The van der Waals surface area contributed by atoms with Gasteiger partial charge in [-0.25, -0.2) is 0 Å². The van der Waals surface area contributed by atoms with Gasteiger partial charge in [0.2, 0.25) is 5.91 Å². The molecule has 154 valence electrons. The number of rotatable bonds is 5. The van der Waals surface area contributed by atoms with Gasteiger partial charge in [0.25, 0.3) is 0 Å². The van der Waals surface area contributed by atoms with E-state index < -0.39 is 5.72 Å². The highest BCUT2D eigenvalue weighted by Gasteiger charge is 2.64. The monoisotopic (exact) mass is 386 g/mol. The van der Waals surface area contributed by atoms with Gasteiger partial charge in [0.05, 0.1) is 25.8 Å². The molecule has 4 rings (SSSR count). The molecule has 3 saturated heterocycles. The molecular weight excluding hydrogens is 352 g/mol. The second-order valence-corrected chi connectivity index (χ2v) is 9.35. The van der Waals surface area contributed by atoms with Gasteiger partial charge < -0.3 is 14.4 Å². The number of ether oxygens (including phenoxy) is 2. The molecule has 5 nitrogen and oxygen atoms in total. The fraction of sp³-hybridized carbons (Fsp3) is 0.696. The topological polar surface area (TPSA) is 42.0 Å². The lowest BCUT2D eigenvalue weighted by Crippen LogP contribution is -2.50. The molecule has 0 N–H and O–H groups in total. The van der Waals surface area contributed by atoms with Crippen molar-refractivity contribution in [3.63, 3.8) is 0 Å². The van der Waals surface area contributed by atoms with E-state index in [1.807, 2.05) is 0 Å². The molecule has 1 aromatic rings. The molecule has 3 atom stereocenters. The number of likely N-dealkylation sites (tertiary alicyclic amines) is 1. The van der Waals surface area contributed by atoms with Crippen molar-refractivity contribution in [2.24, 2.45) is 5.92 Å². The van der Waals surface area contributed by atoms with Gasteiger partial charge in [-0.1, -0.05) is 33.8 Å². The highest BCUT2D eigenvalue weighted by Crippen LogP contribution is 2.49. The third kappa shape index (κ3) is 2.86. The Morgan fingerprint density at radius 1 is 1.29 bits per heavy atom. The van der Waals surface area contributed by atoms with Crippen LogP contribution in [0.5, 0.6) is 5.75 Å². The van der Waals surface area contributed by atoms with E-state index in [-0.39, 0.29) is 18.0 Å². The molecule has 0 bridgehead atoms. The first kappa shape index (κ1) is 19.7. The zero-order valence-electron chi connectivity index (χ0n) is 18.1. The minimum absolute atomic E-state index is 0.160. The third-order valence-corrected chi connectivity index (χ3v) is 7.05. The van der Waals surface area contributed by atoms with Gasteiger partial charge in [-0.15, -0.1) is 0 Å². The maximum absolute atomic E-state index is 12.9. The Bertz CT molecular complexity index is 775. The third-order valence-electron chi connectivity index (χ3n) is 7.05. The van der Waals surface area contributed by atoms with Gasteiger partial charge in [0.15, 0.2) is 5.72 Å². The van der Waals surface area contributed by atoms with E-state index in [4.69, 9.17) is 9.47 Å². The molecule has 1 spiro atoms. The molecule has 0 aromatic heterocycles. The molecule has 0 unspecified atom stereocenters. The van der Waals surface area contributed by atoms with Crippen LogP contribution in [0.25, 0.3) is 0 Å². The van der Waals surface area contributed by atoms with E-state index in [1.165, 1.54) is 16.7 Å². The highest BCUT2D eigenvalue weighted by atomic mass is 16.5. The number of nitrogens with zero attached hydrogens (tertiary/aromatic N) is 2. The van der Waals surface area contributed by atoms with Gasteiger partial charge in [0.1, 0.15) is 5.75 Å². The molecule has 0 saturated carbocycles. The Kier molecular flexibility index (Phi) is 4.95. The number of aryl methyl sites for hydroxylation is 1. The molecule has 5 heteroatoms. The fourth-order valence-electron chi connectivity index (χ4n) is 5.41. The highest BCUT2D eigenvalue weighted by molar-refractivity contribution is 5.82. The van der Waals surface area contributed by atoms with Crippen LogP contribution in [0, 0.1) is 12.8 Å². The van der Waals surface area contributed by atoms with Gasteiger partial charge in [-0.2, -0.15) is 0 Å². The summed E-state index contributed by atoms with van der Waals surface area (Å²) < 4.78 is 12.0. The van der Waals surface area contributed by atoms with E-state index in [1.54, 1.807) is 7.11 Å². The Morgan fingerprint density at radius 2 is 2.04 bits per heavy atom. The van der Waals surface area contributed by atoms with Crippen LogP contribution in [0.3, 0.4) is 0 Å². The summed E-state index contributed by atoms with van der Waals surface area (Å²) >= 11 is 0. The second-order valence-electron chi connectivity index (χ2n) is 9.35. The van der Waals surface area contributed by atoms with Gasteiger partial charge >= 0.3 is 0 Å². The summed E-state index contributed by atoms with van der Waals surface area (Å²) in [5, 5.41) is 0. The van der Waals surface area contributed by atoms with Crippen molar-refractivity contribution in [3.8, 4) is 5.75 Å². The summed E-state index contributed by atoms with van der Waals surface area (Å²) in [6.07, 6.45) is 1.49.